The summed E-state index contributed by atoms with van der Waals surface area (Å²) in [5.74, 6) is 2.11. The molecule has 1 amide bonds. The highest BCUT2D eigenvalue weighted by molar-refractivity contribution is 5.79. The van der Waals surface area contributed by atoms with Gasteiger partial charge in [0.05, 0.1) is 25.5 Å². The molecule has 3 heterocycles. The van der Waals surface area contributed by atoms with Crippen LogP contribution in [0.25, 0.3) is 0 Å². The highest BCUT2D eigenvalue weighted by atomic mass is 16.5. The number of ether oxygens (including phenoxy) is 2. The topological polar surface area (TPSA) is 63.9 Å². The van der Waals surface area contributed by atoms with Gasteiger partial charge in [0.15, 0.2) is 0 Å². The molecule has 6 nitrogen and oxygen atoms in total. The van der Waals surface area contributed by atoms with Crippen LogP contribution < -0.4 is 5.32 Å². The summed E-state index contributed by atoms with van der Waals surface area (Å²) in [6, 6.07) is 4.15. The summed E-state index contributed by atoms with van der Waals surface area (Å²) in [4.78, 5) is 15.1. The van der Waals surface area contributed by atoms with E-state index in [1.165, 1.54) is 0 Å². The number of rotatable bonds is 6. The van der Waals surface area contributed by atoms with Crippen LogP contribution in [-0.2, 0) is 20.8 Å². The van der Waals surface area contributed by atoms with Crippen LogP contribution in [-0.4, -0.2) is 56.4 Å². The molecular weight excluding hydrogens is 320 g/mol. The Labute approximate surface area is 148 Å². The number of nitrogens with one attached hydrogen (secondary N) is 1. The van der Waals surface area contributed by atoms with Gasteiger partial charge in [-0.05, 0) is 44.5 Å². The standard InChI is InChI=1S/C19H28N2O4/c1-23-12-16-17(15-6-10-25-18(15)16)20-19(22)13-4-7-21(8-5-13)11-14-3-2-9-24-14/h2-3,9,13,15-18H,4-8,10-12H2,1H3,(H,20,22)/t15-,16+,17+,18-/m1/s1. The van der Waals surface area contributed by atoms with E-state index in [0.29, 0.717) is 18.4 Å². The molecule has 0 aromatic carbocycles. The minimum absolute atomic E-state index is 0.123. The highest BCUT2D eigenvalue weighted by Gasteiger charge is 2.54. The van der Waals surface area contributed by atoms with Gasteiger partial charge in [-0.3, -0.25) is 9.69 Å². The molecule has 0 spiro atoms. The Hall–Kier alpha value is -1.37. The SMILES string of the molecule is COC[C@H]1[C@@H](NC(=O)C2CCN(Cc3ccco3)CC2)[C@H]2CCO[C@H]21. The van der Waals surface area contributed by atoms with Gasteiger partial charge in [-0.15, -0.1) is 0 Å². The van der Waals surface area contributed by atoms with Gasteiger partial charge in [-0.25, -0.2) is 0 Å². The lowest BCUT2D eigenvalue weighted by molar-refractivity contribution is -0.134. The molecule has 2 aliphatic heterocycles. The lowest BCUT2D eigenvalue weighted by Gasteiger charge is -2.48. The third-order valence-corrected chi connectivity index (χ3v) is 6.11. The molecule has 3 aliphatic rings. The summed E-state index contributed by atoms with van der Waals surface area (Å²) in [6.07, 6.45) is 4.87. The molecule has 1 saturated carbocycles. The molecule has 1 aliphatic carbocycles. The average molecular weight is 348 g/mol. The zero-order valence-corrected chi connectivity index (χ0v) is 14.9. The predicted molar refractivity (Wildman–Crippen MR) is 91.9 cm³/mol. The molecule has 138 valence electrons. The predicted octanol–water partition coefficient (Wildman–Crippen LogP) is 1.66. The second-order valence-corrected chi connectivity index (χ2v) is 7.57. The van der Waals surface area contributed by atoms with E-state index < -0.39 is 0 Å². The lowest BCUT2D eigenvalue weighted by atomic mass is 9.67. The lowest BCUT2D eigenvalue weighted by Crippen LogP contribution is -2.63. The third kappa shape index (κ3) is 3.48. The number of furan rings is 1. The Morgan fingerprint density at radius 3 is 2.92 bits per heavy atom. The van der Waals surface area contributed by atoms with Gasteiger partial charge in [0.1, 0.15) is 5.76 Å². The molecule has 1 aromatic rings. The maximum atomic E-state index is 12.7. The molecule has 2 saturated heterocycles. The number of nitrogens with zero attached hydrogens (tertiary/aromatic N) is 1. The van der Waals surface area contributed by atoms with Crippen LogP contribution in [0.15, 0.2) is 22.8 Å². The van der Waals surface area contributed by atoms with Crippen LogP contribution in [0.1, 0.15) is 25.0 Å². The number of hydrogen-bond acceptors (Lipinski definition) is 5. The van der Waals surface area contributed by atoms with Gasteiger partial charge in [-0.2, -0.15) is 0 Å². The quantitative estimate of drug-likeness (QED) is 0.847. The molecule has 1 aromatic heterocycles. The van der Waals surface area contributed by atoms with Gasteiger partial charge in [0.2, 0.25) is 5.91 Å². The van der Waals surface area contributed by atoms with Crippen molar-refractivity contribution in [1.29, 1.82) is 0 Å². The van der Waals surface area contributed by atoms with E-state index >= 15 is 0 Å². The van der Waals surface area contributed by atoms with E-state index in [-0.39, 0.29) is 24.0 Å². The van der Waals surface area contributed by atoms with Crippen molar-refractivity contribution in [1.82, 2.24) is 10.2 Å². The van der Waals surface area contributed by atoms with Gasteiger partial charge >= 0.3 is 0 Å². The molecule has 4 rings (SSSR count). The average Bonchev–Trinajstić information content (AvgIpc) is 3.28. The smallest absolute Gasteiger partial charge is 0.223 e. The van der Waals surface area contributed by atoms with E-state index in [0.717, 1.165) is 51.3 Å². The maximum Gasteiger partial charge on any atom is 0.223 e. The van der Waals surface area contributed by atoms with Crippen molar-refractivity contribution in [2.24, 2.45) is 17.8 Å². The summed E-state index contributed by atoms with van der Waals surface area (Å²) in [6.45, 7) is 4.20. The van der Waals surface area contributed by atoms with Crippen molar-refractivity contribution in [3.05, 3.63) is 24.2 Å². The van der Waals surface area contributed by atoms with Crippen LogP contribution in [0.4, 0.5) is 0 Å². The molecule has 4 atom stereocenters. The summed E-state index contributed by atoms with van der Waals surface area (Å²) in [5, 5.41) is 3.32. The summed E-state index contributed by atoms with van der Waals surface area (Å²) in [7, 11) is 1.72. The fourth-order valence-electron chi connectivity index (χ4n) is 4.69. The second kappa shape index (κ2) is 7.48. The van der Waals surface area contributed by atoms with Gasteiger partial charge in [0, 0.05) is 37.5 Å². The molecule has 0 unspecified atom stereocenters. The van der Waals surface area contributed by atoms with E-state index in [1.54, 1.807) is 13.4 Å². The van der Waals surface area contributed by atoms with Gasteiger partial charge in [0.25, 0.3) is 0 Å². The molecule has 6 heteroatoms. The van der Waals surface area contributed by atoms with Crippen molar-refractivity contribution in [3.8, 4) is 0 Å². The minimum atomic E-state index is 0.123. The largest absolute Gasteiger partial charge is 0.468 e. The number of piperidine rings is 1. The molecule has 0 bridgehead atoms. The maximum absolute atomic E-state index is 12.7. The summed E-state index contributed by atoms with van der Waals surface area (Å²) >= 11 is 0. The first-order valence-electron chi connectivity index (χ1n) is 9.42. The van der Waals surface area contributed by atoms with Gasteiger partial charge < -0.3 is 19.2 Å². The number of fused-ring (bicyclic) bond motifs is 1. The first-order valence-corrected chi connectivity index (χ1v) is 9.42. The van der Waals surface area contributed by atoms with Crippen molar-refractivity contribution in [2.75, 3.05) is 33.4 Å². The number of likely N-dealkylation sites (tertiary alicyclic amines) is 1. The molecule has 3 fully saturated rings. The van der Waals surface area contributed by atoms with Crippen LogP contribution >= 0.6 is 0 Å². The number of amides is 1. The Bertz CT molecular complexity index is 568. The Kier molecular flexibility index (Phi) is 5.10. The molecule has 25 heavy (non-hydrogen) atoms. The zero-order valence-electron chi connectivity index (χ0n) is 14.9. The van der Waals surface area contributed by atoms with Crippen LogP contribution in [0.2, 0.25) is 0 Å². The fourth-order valence-corrected chi connectivity index (χ4v) is 4.69. The van der Waals surface area contributed by atoms with Crippen LogP contribution in [0.5, 0.6) is 0 Å². The van der Waals surface area contributed by atoms with Crippen molar-refractivity contribution in [2.45, 2.75) is 38.0 Å². The first kappa shape index (κ1) is 17.1. The van der Waals surface area contributed by atoms with Crippen LogP contribution in [0, 0.1) is 17.8 Å². The van der Waals surface area contributed by atoms with Crippen molar-refractivity contribution >= 4 is 5.91 Å². The fraction of sp³-hybridized carbons (Fsp3) is 0.737. The Balaban J connectivity index is 1.26. The van der Waals surface area contributed by atoms with Crippen LogP contribution in [0.3, 0.4) is 0 Å². The van der Waals surface area contributed by atoms with Crippen molar-refractivity contribution < 1.29 is 18.7 Å². The van der Waals surface area contributed by atoms with Gasteiger partial charge in [-0.1, -0.05) is 0 Å². The third-order valence-electron chi connectivity index (χ3n) is 6.11. The Morgan fingerprint density at radius 1 is 1.36 bits per heavy atom. The van der Waals surface area contributed by atoms with E-state index in [2.05, 4.69) is 10.2 Å². The highest BCUT2D eigenvalue weighted by Crippen LogP contribution is 2.44. The number of hydrogen-bond donors (Lipinski definition) is 1. The summed E-state index contributed by atoms with van der Waals surface area (Å²) in [5.41, 5.74) is 0. The van der Waals surface area contributed by atoms with E-state index in [1.807, 2.05) is 12.1 Å². The van der Waals surface area contributed by atoms with Crippen molar-refractivity contribution in [3.63, 3.8) is 0 Å². The minimum Gasteiger partial charge on any atom is -0.468 e. The van der Waals surface area contributed by atoms with E-state index in [4.69, 9.17) is 13.9 Å². The monoisotopic (exact) mass is 348 g/mol. The number of methoxy groups -OCH3 is 1. The molecule has 1 N–H and O–H groups in total. The summed E-state index contributed by atoms with van der Waals surface area (Å²) < 4.78 is 16.5. The zero-order chi connectivity index (χ0) is 17.2. The Morgan fingerprint density at radius 2 is 2.20 bits per heavy atom. The molecule has 0 radical (unpaired) electrons. The normalized spacial score (nSPS) is 33.0. The number of carbonyl (C=O) groups excluding carboxylic acids is 1. The van der Waals surface area contributed by atoms with E-state index in [9.17, 15) is 4.79 Å². The second-order valence-electron chi connectivity index (χ2n) is 7.57. The molecular formula is C19H28N2O4. The number of carbonyl (C=O) groups is 1. The first-order chi connectivity index (χ1) is 12.3.